The number of nitrogens with zero attached hydrogens (tertiary/aromatic N) is 1. The van der Waals surface area contributed by atoms with Crippen molar-refractivity contribution >= 4 is 11.6 Å². The Hall–Kier alpha value is -2.42. The molecule has 2 nitrogen and oxygen atoms in total. The number of nitriles is 1. The standard InChI is InChI=1S/C18H14ClNO/c1-14-11-15(3-2-10-19)8-9-18(14)21-13-17-6-4-16(12-20)5-7-17/h4-9,11H,10,13H2,1H3. The summed E-state index contributed by atoms with van der Waals surface area (Å²) >= 11 is 5.54. The van der Waals surface area contributed by atoms with Crippen LogP contribution in [0.15, 0.2) is 42.5 Å². The monoisotopic (exact) mass is 295 g/mol. The molecule has 0 unspecified atom stereocenters. The van der Waals surface area contributed by atoms with E-state index in [2.05, 4.69) is 17.9 Å². The molecule has 0 fully saturated rings. The average Bonchev–Trinajstić information content (AvgIpc) is 2.52. The van der Waals surface area contributed by atoms with Gasteiger partial charge in [-0.25, -0.2) is 0 Å². The zero-order chi connectivity index (χ0) is 15.1. The lowest BCUT2D eigenvalue weighted by molar-refractivity contribution is 0.304. The van der Waals surface area contributed by atoms with Crippen LogP contribution in [0, 0.1) is 30.1 Å². The lowest BCUT2D eigenvalue weighted by atomic mass is 10.1. The number of hydrogen-bond donors (Lipinski definition) is 0. The molecule has 0 atom stereocenters. The van der Waals surface area contributed by atoms with Crippen LogP contribution in [0.25, 0.3) is 0 Å². The summed E-state index contributed by atoms with van der Waals surface area (Å²) < 4.78 is 5.80. The fourth-order valence-electron chi connectivity index (χ4n) is 1.86. The molecule has 0 bridgehead atoms. The highest BCUT2D eigenvalue weighted by atomic mass is 35.5. The highest BCUT2D eigenvalue weighted by molar-refractivity contribution is 6.19. The predicted octanol–water partition coefficient (Wildman–Crippen LogP) is 4.04. The summed E-state index contributed by atoms with van der Waals surface area (Å²) in [5.74, 6) is 6.97. The van der Waals surface area contributed by atoms with Crippen molar-refractivity contribution < 1.29 is 4.74 Å². The van der Waals surface area contributed by atoms with Gasteiger partial charge in [0.05, 0.1) is 17.5 Å². The lowest BCUT2D eigenvalue weighted by Gasteiger charge is -2.09. The highest BCUT2D eigenvalue weighted by Crippen LogP contribution is 2.20. The fraction of sp³-hybridized carbons (Fsp3) is 0.167. The van der Waals surface area contributed by atoms with Gasteiger partial charge in [-0.05, 0) is 48.4 Å². The normalized spacial score (nSPS) is 9.38. The Balaban J connectivity index is 2.04. The van der Waals surface area contributed by atoms with E-state index in [0.29, 0.717) is 18.1 Å². The van der Waals surface area contributed by atoms with E-state index in [1.165, 1.54) is 0 Å². The second-order valence-electron chi connectivity index (χ2n) is 4.51. The van der Waals surface area contributed by atoms with Crippen molar-refractivity contribution in [2.24, 2.45) is 0 Å². The molecule has 3 heteroatoms. The minimum Gasteiger partial charge on any atom is -0.489 e. The van der Waals surface area contributed by atoms with E-state index < -0.39 is 0 Å². The molecule has 104 valence electrons. The Morgan fingerprint density at radius 3 is 2.43 bits per heavy atom. The first-order valence-electron chi connectivity index (χ1n) is 6.50. The van der Waals surface area contributed by atoms with Crippen LogP contribution in [-0.4, -0.2) is 5.88 Å². The van der Waals surface area contributed by atoms with E-state index in [0.717, 1.165) is 22.4 Å². The van der Waals surface area contributed by atoms with Crippen molar-refractivity contribution in [2.45, 2.75) is 13.5 Å². The number of alkyl halides is 1. The van der Waals surface area contributed by atoms with Crippen molar-refractivity contribution in [2.75, 3.05) is 5.88 Å². The Labute approximate surface area is 129 Å². The number of hydrogen-bond acceptors (Lipinski definition) is 2. The molecule has 0 heterocycles. The average molecular weight is 296 g/mol. The third-order valence-electron chi connectivity index (χ3n) is 2.95. The number of halogens is 1. The molecule has 2 aromatic rings. The molecule has 0 spiro atoms. The second-order valence-corrected chi connectivity index (χ2v) is 4.78. The molecule has 0 saturated carbocycles. The van der Waals surface area contributed by atoms with Crippen LogP contribution in [0.2, 0.25) is 0 Å². The molecule has 0 N–H and O–H groups in total. The smallest absolute Gasteiger partial charge is 0.122 e. The first-order chi connectivity index (χ1) is 10.2. The topological polar surface area (TPSA) is 33.0 Å². The van der Waals surface area contributed by atoms with Crippen molar-refractivity contribution in [1.82, 2.24) is 0 Å². The van der Waals surface area contributed by atoms with Gasteiger partial charge in [0.25, 0.3) is 0 Å². The van der Waals surface area contributed by atoms with Crippen molar-refractivity contribution in [3.8, 4) is 23.7 Å². The molecule has 0 aliphatic carbocycles. The van der Waals surface area contributed by atoms with Gasteiger partial charge in [-0.15, -0.1) is 11.6 Å². The van der Waals surface area contributed by atoms with Crippen LogP contribution in [-0.2, 0) is 6.61 Å². The van der Waals surface area contributed by atoms with Crippen LogP contribution >= 0.6 is 11.6 Å². The third kappa shape index (κ3) is 4.28. The number of benzene rings is 2. The van der Waals surface area contributed by atoms with E-state index in [1.54, 1.807) is 12.1 Å². The summed E-state index contributed by atoms with van der Waals surface area (Å²) in [5, 5.41) is 8.76. The van der Waals surface area contributed by atoms with E-state index in [4.69, 9.17) is 21.6 Å². The van der Waals surface area contributed by atoms with Gasteiger partial charge in [-0.3, -0.25) is 0 Å². The molecule has 2 aromatic carbocycles. The van der Waals surface area contributed by atoms with Crippen LogP contribution in [0.3, 0.4) is 0 Å². The summed E-state index contributed by atoms with van der Waals surface area (Å²) in [6.45, 7) is 2.46. The molecule has 0 aliphatic heterocycles. The molecule has 0 saturated heterocycles. The van der Waals surface area contributed by atoms with Crippen LogP contribution in [0.1, 0.15) is 22.3 Å². The van der Waals surface area contributed by atoms with Crippen molar-refractivity contribution in [3.63, 3.8) is 0 Å². The summed E-state index contributed by atoms with van der Waals surface area (Å²) in [6, 6.07) is 15.3. The summed E-state index contributed by atoms with van der Waals surface area (Å²) in [6.07, 6.45) is 0. The Bertz CT molecular complexity index is 718. The fourth-order valence-corrected chi connectivity index (χ4v) is 1.93. The van der Waals surface area contributed by atoms with Gasteiger partial charge in [0.2, 0.25) is 0 Å². The van der Waals surface area contributed by atoms with E-state index in [1.807, 2.05) is 37.3 Å². The third-order valence-corrected chi connectivity index (χ3v) is 3.09. The first kappa shape index (κ1) is 15.0. The van der Waals surface area contributed by atoms with Crippen molar-refractivity contribution in [1.29, 1.82) is 5.26 Å². The van der Waals surface area contributed by atoms with Gasteiger partial charge in [-0.1, -0.05) is 24.0 Å². The largest absolute Gasteiger partial charge is 0.489 e. The molecular weight excluding hydrogens is 282 g/mol. The van der Waals surface area contributed by atoms with Gasteiger partial charge >= 0.3 is 0 Å². The van der Waals surface area contributed by atoms with Crippen LogP contribution < -0.4 is 4.74 Å². The van der Waals surface area contributed by atoms with Gasteiger partial charge < -0.3 is 4.74 Å². The SMILES string of the molecule is Cc1cc(C#CCCl)ccc1OCc1ccc(C#N)cc1. The molecule has 0 aromatic heterocycles. The maximum absolute atomic E-state index is 8.76. The Morgan fingerprint density at radius 1 is 1.10 bits per heavy atom. The number of ether oxygens (including phenoxy) is 1. The van der Waals surface area contributed by atoms with Crippen LogP contribution in [0.5, 0.6) is 5.75 Å². The van der Waals surface area contributed by atoms with Gasteiger partial charge in [-0.2, -0.15) is 5.26 Å². The maximum Gasteiger partial charge on any atom is 0.122 e. The molecule has 0 amide bonds. The lowest BCUT2D eigenvalue weighted by Crippen LogP contribution is -1.97. The zero-order valence-electron chi connectivity index (χ0n) is 11.7. The first-order valence-corrected chi connectivity index (χ1v) is 7.03. The van der Waals surface area contributed by atoms with Gasteiger partial charge in [0.1, 0.15) is 12.4 Å². The summed E-state index contributed by atoms with van der Waals surface area (Å²) in [7, 11) is 0. The maximum atomic E-state index is 8.76. The number of rotatable bonds is 3. The van der Waals surface area contributed by atoms with Crippen LogP contribution in [0.4, 0.5) is 0 Å². The molecule has 0 aliphatic rings. The summed E-state index contributed by atoms with van der Waals surface area (Å²) in [5.41, 5.74) is 3.64. The minimum atomic E-state index is 0.329. The molecule has 21 heavy (non-hydrogen) atoms. The van der Waals surface area contributed by atoms with Gasteiger partial charge in [0, 0.05) is 5.56 Å². The Kier molecular flexibility index (Phi) is 5.27. The molecular formula is C18H14ClNO. The molecule has 0 radical (unpaired) electrons. The number of aryl methyl sites for hydroxylation is 1. The molecule has 2 rings (SSSR count). The second kappa shape index (κ2) is 7.39. The highest BCUT2D eigenvalue weighted by Gasteiger charge is 2.01. The zero-order valence-corrected chi connectivity index (χ0v) is 12.4. The Morgan fingerprint density at radius 2 is 1.81 bits per heavy atom. The van der Waals surface area contributed by atoms with E-state index in [9.17, 15) is 0 Å². The van der Waals surface area contributed by atoms with E-state index in [-0.39, 0.29) is 0 Å². The quantitative estimate of drug-likeness (QED) is 0.632. The predicted molar refractivity (Wildman–Crippen MR) is 84.3 cm³/mol. The van der Waals surface area contributed by atoms with Gasteiger partial charge in [0.15, 0.2) is 0 Å². The summed E-state index contributed by atoms with van der Waals surface area (Å²) in [4.78, 5) is 0. The minimum absolute atomic E-state index is 0.329. The van der Waals surface area contributed by atoms with E-state index >= 15 is 0 Å². The van der Waals surface area contributed by atoms with Crippen molar-refractivity contribution in [3.05, 3.63) is 64.7 Å².